The SMILES string of the molecule is O=c1c(Cc2ccccc2)c([O-])[n+](C/C(Br)=C/c2ccccc2)c2ccccn12. The van der Waals surface area contributed by atoms with Crippen LogP contribution in [0.15, 0.2) is 94.3 Å². The largest absolute Gasteiger partial charge is 0.842 e. The van der Waals surface area contributed by atoms with Gasteiger partial charge in [0, 0.05) is 17.0 Å². The van der Waals surface area contributed by atoms with E-state index in [4.69, 9.17) is 0 Å². The number of rotatable bonds is 5. The lowest BCUT2D eigenvalue weighted by atomic mass is 10.1. The highest BCUT2D eigenvalue weighted by atomic mass is 79.9. The molecule has 0 spiro atoms. The van der Waals surface area contributed by atoms with Gasteiger partial charge in [0.25, 0.3) is 5.65 Å². The number of hydrogen-bond donors (Lipinski definition) is 0. The molecule has 2 heterocycles. The number of allylic oxidation sites excluding steroid dienone is 1. The molecular weight excluding hydrogens is 428 g/mol. The smallest absolute Gasteiger partial charge is 0.345 e. The third-order valence-corrected chi connectivity index (χ3v) is 5.23. The second kappa shape index (κ2) is 8.45. The number of hydrogen-bond acceptors (Lipinski definition) is 2. The van der Waals surface area contributed by atoms with Crippen molar-refractivity contribution in [3.8, 4) is 5.88 Å². The normalized spacial score (nSPS) is 11.7. The van der Waals surface area contributed by atoms with Gasteiger partial charge >= 0.3 is 5.56 Å². The Labute approximate surface area is 177 Å². The van der Waals surface area contributed by atoms with Crippen LogP contribution in [0.4, 0.5) is 0 Å². The number of benzene rings is 2. The minimum Gasteiger partial charge on any atom is -0.842 e. The summed E-state index contributed by atoms with van der Waals surface area (Å²) < 4.78 is 4.03. The van der Waals surface area contributed by atoms with Crippen LogP contribution in [0, 0.1) is 0 Å². The van der Waals surface area contributed by atoms with Crippen molar-refractivity contribution in [1.82, 2.24) is 4.40 Å². The summed E-state index contributed by atoms with van der Waals surface area (Å²) in [5.74, 6) is -0.261. The second-order valence-electron chi connectivity index (χ2n) is 6.77. The van der Waals surface area contributed by atoms with Gasteiger partial charge in [0.2, 0.25) is 0 Å². The zero-order chi connectivity index (χ0) is 20.2. The fourth-order valence-electron chi connectivity index (χ4n) is 3.36. The molecule has 0 saturated heterocycles. The molecule has 4 nitrogen and oxygen atoms in total. The van der Waals surface area contributed by atoms with E-state index in [0.717, 1.165) is 15.6 Å². The van der Waals surface area contributed by atoms with Gasteiger partial charge in [0.15, 0.2) is 0 Å². The average molecular weight is 447 g/mol. The van der Waals surface area contributed by atoms with E-state index >= 15 is 0 Å². The van der Waals surface area contributed by atoms with E-state index in [-0.39, 0.29) is 17.0 Å². The van der Waals surface area contributed by atoms with Gasteiger partial charge in [-0.3, -0.25) is 0 Å². The molecule has 0 saturated carbocycles. The third kappa shape index (κ3) is 4.15. The summed E-state index contributed by atoms with van der Waals surface area (Å²) in [5, 5.41) is 13.3. The summed E-state index contributed by atoms with van der Waals surface area (Å²) in [5.41, 5.74) is 2.53. The molecule has 0 aliphatic carbocycles. The summed E-state index contributed by atoms with van der Waals surface area (Å²) >= 11 is 3.60. The van der Waals surface area contributed by atoms with Crippen molar-refractivity contribution in [3.05, 3.63) is 117 Å². The fourth-order valence-corrected chi connectivity index (χ4v) is 3.88. The topological polar surface area (TPSA) is 48.4 Å². The van der Waals surface area contributed by atoms with E-state index in [1.807, 2.05) is 72.8 Å². The lowest BCUT2D eigenvalue weighted by Crippen LogP contribution is -2.45. The number of fused-ring (bicyclic) bond motifs is 1. The molecule has 144 valence electrons. The van der Waals surface area contributed by atoms with E-state index in [2.05, 4.69) is 15.9 Å². The molecule has 0 aliphatic rings. The lowest BCUT2D eigenvalue weighted by molar-refractivity contribution is -0.708. The van der Waals surface area contributed by atoms with Crippen LogP contribution in [0.5, 0.6) is 5.88 Å². The first kappa shape index (κ1) is 19.2. The molecular formula is C24H19BrN2O2. The number of pyridine rings is 1. The molecule has 0 bridgehead atoms. The van der Waals surface area contributed by atoms with Gasteiger partial charge in [-0.25, -0.2) is 9.36 Å². The minimum atomic E-state index is -0.270. The first-order valence-corrected chi connectivity index (χ1v) is 10.1. The van der Waals surface area contributed by atoms with Gasteiger partial charge in [0.1, 0.15) is 6.54 Å². The Morgan fingerprint density at radius 2 is 1.62 bits per heavy atom. The predicted octanol–water partition coefficient (Wildman–Crippen LogP) is 3.69. The zero-order valence-electron chi connectivity index (χ0n) is 15.7. The first-order valence-electron chi connectivity index (χ1n) is 9.31. The zero-order valence-corrected chi connectivity index (χ0v) is 17.2. The van der Waals surface area contributed by atoms with Crippen LogP contribution < -0.4 is 15.2 Å². The standard InChI is InChI=1S/C24H19BrN2O2/c25-20(15-18-9-3-1-4-10-18)17-27-22-13-7-8-14-26(22)23(28)21(24(27)29)16-19-11-5-2-6-12-19/h1-15H,16-17H2/b20-15-. The average Bonchev–Trinajstić information content (AvgIpc) is 2.75. The Balaban J connectivity index is 1.82. The summed E-state index contributed by atoms with van der Waals surface area (Å²) in [7, 11) is 0. The summed E-state index contributed by atoms with van der Waals surface area (Å²) in [6.45, 7) is 0.337. The Hall–Kier alpha value is -3.18. The van der Waals surface area contributed by atoms with Crippen LogP contribution in [0.1, 0.15) is 16.7 Å². The van der Waals surface area contributed by atoms with Crippen LogP contribution in [0.2, 0.25) is 0 Å². The molecule has 0 radical (unpaired) electrons. The monoisotopic (exact) mass is 446 g/mol. The maximum absolute atomic E-state index is 13.3. The molecule has 4 rings (SSSR count). The van der Waals surface area contributed by atoms with Gasteiger partial charge in [-0.2, -0.15) is 4.40 Å². The van der Waals surface area contributed by atoms with E-state index in [0.29, 0.717) is 18.6 Å². The second-order valence-corrected chi connectivity index (χ2v) is 7.79. The van der Waals surface area contributed by atoms with E-state index < -0.39 is 0 Å². The molecule has 29 heavy (non-hydrogen) atoms. The Bertz CT molecular complexity index is 1230. The maximum Gasteiger partial charge on any atom is 0.345 e. The highest BCUT2D eigenvalue weighted by Crippen LogP contribution is 2.17. The van der Waals surface area contributed by atoms with E-state index in [9.17, 15) is 9.90 Å². The van der Waals surface area contributed by atoms with Crippen LogP contribution in [0.3, 0.4) is 0 Å². The number of aromatic nitrogens is 2. The number of halogens is 1. The Kier molecular flexibility index (Phi) is 5.58. The van der Waals surface area contributed by atoms with Crippen molar-refractivity contribution >= 4 is 27.7 Å². The van der Waals surface area contributed by atoms with Crippen LogP contribution in [-0.2, 0) is 13.0 Å². The molecule has 0 aliphatic heterocycles. The van der Waals surface area contributed by atoms with E-state index in [1.165, 1.54) is 0 Å². The van der Waals surface area contributed by atoms with Crippen molar-refractivity contribution in [1.29, 1.82) is 0 Å². The molecule has 0 N–H and O–H groups in total. The van der Waals surface area contributed by atoms with Crippen molar-refractivity contribution in [2.45, 2.75) is 13.0 Å². The van der Waals surface area contributed by atoms with Crippen LogP contribution in [-0.4, -0.2) is 4.40 Å². The fraction of sp³-hybridized carbons (Fsp3) is 0.0833. The molecule has 0 fully saturated rings. The summed E-state index contributed by atoms with van der Waals surface area (Å²) in [6.07, 6.45) is 3.99. The molecule has 4 aromatic rings. The highest BCUT2D eigenvalue weighted by molar-refractivity contribution is 9.11. The van der Waals surface area contributed by atoms with Gasteiger partial charge in [0.05, 0.1) is 17.6 Å². The summed E-state index contributed by atoms with van der Waals surface area (Å²) in [4.78, 5) is 13.0. The van der Waals surface area contributed by atoms with Crippen molar-refractivity contribution in [3.63, 3.8) is 0 Å². The summed E-state index contributed by atoms with van der Waals surface area (Å²) in [6, 6.07) is 24.9. The minimum absolute atomic E-state index is 0.261. The lowest BCUT2D eigenvalue weighted by Gasteiger charge is -2.17. The van der Waals surface area contributed by atoms with Gasteiger partial charge in [-0.05, 0) is 23.3 Å². The molecule has 2 aromatic carbocycles. The predicted molar refractivity (Wildman–Crippen MR) is 116 cm³/mol. The van der Waals surface area contributed by atoms with Crippen molar-refractivity contribution < 1.29 is 9.67 Å². The van der Waals surface area contributed by atoms with Crippen molar-refractivity contribution in [2.75, 3.05) is 0 Å². The van der Waals surface area contributed by atoms with Gasteiger partial charge < -0.3 is 5.11 Å². The Morgan fingerprint density at radius 1 is 0.966 bits per heavy atom. The Morgan fingerprint density at radius 3 is 2.34 bits per heavy atom. The first-order chi connectivity index (χ1) is 14.1. The van der Waals surface area contributed by atoms with E-state index in [1.54, 1.807) is 27.3 Å². The quantitative estimate of drug-likeness (QED) is 0.439. The molecule has 0 unspecified atom stereocenters. The molecule has 0 atom stereocenters. The van der Waals surface area contributed by atoms with Crippen LogP contribution >= 0.6 is 15.9 Å². The highest BCUT2D eigenvalue weighted by Gasteiger charge is 2.19. The molecule has 5 heteroatoms. The molecule has 0 amide bonds. The third-order valence-electron chi connectivity index (χ3n) is 4.75. The number of nitrogens with zero attached hydrogens (tertiary/aromatic N) is 2. The van der Waals surface area contributed by atoms with Gasteiger partial charge in [-0.15, -0.1) is 0 Å². The van der Waals surface area contributed by atoms with Crippen LogP contribution in [0.25, 0.3) is 11.7 Å². The maximum atomic E-state index is 13.3. The van der Waals surface area contributed by atoms with Gasteiger partial charge in [-0.1, -0.05) is 82.7 Å². The molecule has 2 aromatic heterocycles. The van der Waals surface area contributed by atoms with Crippen molar-refractivity contribution in [2.24, 2.45) is 0 Å².